The van der Waals surface area contributed by atoms with Crippen molar-refractivity contribution >= 4 is 5.78 Å². The second-order valence-corrected chi connectivity index (χ2v) is 3.53. The minimum absolute atomic E-state index is 0.0196. The van der Waals surface area contributed by atoms with Gasteiger partial charge in [0.15, 0.2) is 5.78 Å². The number of hydrogen-bond acceptors (Lipinski definition) is 2. The van der Waals surface area contributed by atoms with Crippen LogP contribution in [0.2, 0.25) is 0 Å². The van der Waals surface area contributed by atoms with Crippen molar-refractivity contribution in [2.24, 2.45) is 0 Å². The number of carbonyl (C=O) groups excluding carboxylic acids is 1. The highest BCUT2D eigenvalue weighted by atomic mass is 16.3. The van der Waals surface area contributed by atoms with Crippen LogP contribution in [0.15, 0.2) is 30.3 Å². The van der Waals surface area contributed by atoms with E-state index in [1.165, 1.54) is 0 Å². The molecule has 2 atom stereocenters. The summed E-state index contributed by atoms with van der Waals surface area (Å²) in [7, 11) is 0. The lowest BCUT2D eigenvalue weighted by Crippen LogP contribution is -2.10. The van der Waals surface area contributed by atoms with Crippen LogP contribution in [0, 0.1) is 0 Å². The van der Waals surface area contributed by atoms with Crippen molar-refractivity contribution in [1.29, 1.82) is 0 Å². The van der Waals surface area contributed by atoms with Crippen LogP contribution in [-0.2, 0) is 4.79 Å². The third kappa shape index (κ3) is 1.63. The molecular formula is C11H12O2. The zero-order valence-corrected chi connectivity index (χ0v) is 7.31. The Kier molecular flexibility index (Phi) is 2.15. The third-order valence-electron chi connectivity index (χ3n) is 2.60. The molecule has 0 amide bonds. The number of aliphatic hydroxyl groups excluding tert-OH is 1. The SMILES string of the molecule is O=C1CC(c2ccccc2)CC1O. The maximum atomic E-state index is 11.1. The highest BCUT2D eigenvalue weighted by molar-refractivity contribution is 5.86. The molecule has 13 heavy (non-hydrogen) atoms. The van der Waals surface area contributed by atoms with E-state index in [0.717, 1.165) is 5.56 Å². The summed E-state index contributed by atoms with van der Waals surface area (Å²) in [6.45, 7) is 0. The summed E-state index contributed by atoms with van der Waals surface area (Å²) in [5.74, 6) is 0.206. The van der Waals surface area contributed by atoms with Gasteiger partial charge in [0, 0.05) is 6.42 Å². The van der Waals surface area contributed by atoms with Crippen molar-refractivity contribution < 1.29 is 9.90 Å². The Labute approximate surface area is 77.2 Å². The topological polar surface area (TPSA) is 37.3 Å². The first kappa shape index (κ1) is 8.45. The molecule has 0 spiro atoms. The van der Waals surface area contributed by atoms with E-state index in [-0.39, 0.29) is 11.7 Å². The quantitative estimate of drug-likeness (QED) is 0.704. The maximum Gasteiger partial charge on any atom is 0.161 e. The fourth-order valence-electron chi connectivity index (χ4n) is 1.84. The predicted octanol–water partition coefficient (Wildman–Crippen LogP) is 1.49. The summed E-state index contributed by atoms with van der Waals surface area (Å²) in [6.07, 6.45) is 0.346. The van der Waals surface area contributed by atoms with Gasteiger partial charge in [0.05, 0.1) is 0 Å². The summed E-state index contributed by atoms with van der Waals surface area (Å²) >= 11 is 0. The monoisotopic (exact) mass is 176 g/mol. The van der Waals surface area contributed by atoms with Gasteiger partial charge in [-0.25, -0.2) is 0 Å². The molecule has 0 aromatic heterocycles. The average Bonchev–Trinajstić information content (AvgIpc) is 2.49. The van der Waals surface area contributed by atoms with E-state index in [4.69, 9.17) is 0 Å². The first-order chi connectivity index (χ1) is 6.27. The van der Waals surface area contributed by atoms with Gasteiger partial charge in [-0.2, -0.15) is 0 Å². The Morgan fingerprint density at radius 2 is 1.92 bits per heavy atom. The molecule has 2 heteroatoms. The number of benzene rings is 1. The fourth-order valence-corrected chi connectivity index (χ4v) is 1.84. The second-order valence-electron chi connectivity index (χ2n) is 3.53. The molecule has 2 rings (SSSR count). The summed E-state index contributed by atoms with van der Waals surface area (Å²) in [5, 5.41) is 9.28. The summed E-state index contributed by atoms with van der Waals surface area (Å²) in [5.41, 5.74) is 1.16. The molecule has 0 aliphatic heterocycles. The molecule has 0 radical (unpaired) electrons. The summed E-state index contributed by atoms with van der Waals surface area (Å²) < 4.78 is 0. The third-order valence-corrected chi connectivity index (χ3v) is 2.60. The number of Topliss-reactive ketones (excluding diaryl/α,β-unsaturated/α-hetero) is 1. The Balaban J connectivity index is 2.17. The van der Waals surface area contributed by atoms with Crippen LogP contribution in [0.4, 0.5) is 0 Å². The van der Waals surface area contributed by atoms with Crippen LogP contribution in [0.1, 0.15) is 24.3 Å². The molecule has 68 valence electrons. The molecule has 1 fully saturated rings. The molecule has 1 aromatic carbocycles. The molecule has 1 N–H and O–H groups in total. The van der Waals surface area contributed by atoms with Crippen molar-refractivity contribution in [2.75, 3.05) is 0 Å². The van der Waals surface area contributed by atoms with Crippen LogP contribution in [0.25, 0.3) is 0 Å². The summed E-state index contributed by atoms with van der Waals surface area (Å²) in [6, 6.07) is 9.90. The van der Waals surface area contributed by atoms with Crippen molar-refractivity contribution in [3.05, 3.63) is 35.9 Å². The average molecular weight is 176 g/mol. The smallest absolute Gasteiger partial charge is 0.161 e. The second kappa shape index (κ2) is 3.30. The molecule has 1 saturated carbocycles. The molecular weight excluding hydrogens is 164 g/mol. The molecule has 1 aliphatic rings. The Bertz CT molecular complexity index is 305. The number of ketones is 1. The van der Waals surface area contributed by atoms with E-state index in [1.54, 1.807) is 0 Å². The zero-order valence-electron chi connectivity index (χ0n) is 7.31. The van der Waals surface area contributed by atoms with Gasteiger partial charge >= 0.3 is 0 Å². The normalized spacial score (nSPS) is 27.9. The lowest BCUT2D eigenvalue weighted by Gasteiger charge is -2.07. The molecule has 2 unspecified atom stereocenters. The highest BCUT2D eigenvalue weighted by Crippen LogP contribution is 2.31. The van der Waals surface area contributed by atoms with E-state index in [1.807, 2.05) is 30.3 Å². The van der Waals surface area contributed by atoms with Gasteiger partial charge in [-0.1, -0.05) is 30.3 Å². The van der Waals surface area contributed by atoms with Gasteiger partial charge < -0.3 is 5.11 Å². The van der Waals surface area contributed by atoms with Crippen LogP contribution in [0.3, 0.4) is 0 Å². The molecule has 1 aliphatic carbocycles. The van der Waals surface area contributed by atoms with E-state index in [9.17, 15) is 9.90 Å². The standard InChI is InChI=1S/C11H12O2/c12-10-6-9(7-11(10)13)8-4-2-1-3-5-8/h1-5,9-10,12H,6-7H2. The Morgan fingerprint density at radius 3 is 2.46 bits per heavy atom. The van der Waals surface area contributed by atoms with Gasteiger partial charge in [0.2, 0.25) is 0 Å². The van der Waals surface area contributed by atoms with Gasteiger partial charge in [-0.15, -0.1) is 0 Å². The highest BCUT2D eigenvalue weighted by Gasteiger charge is 2.31. The first-order valence-corrected chi connectivity index (χ1v) is 4.53. The van der Waals surface area contributed by atoms with Crippen LogP contribution in [0.5, 0.6) is 0 Å². The van der Waals surface area contributed by atoms with Crippen LogP contribution in [-0.4, -0.2) is 17.0 Å². The van der Waals surface area contributed by atoms with E-state index in [2.05, 4.69) is 0 Å². The lowest BCUT2D eigenvalue weighted by molar-refractivity contribution is -0.124. The maximum absolute atomic E-state index is 11.1. The minimum Gasteiger partial charge on any atom is -0.385 e. The van der Waals surface area contributed by atoms with E-state index < -0.39 is 6.10 Å². The van der Waals surface area contributed by atoms with Crippen molar-refractivity contribution in [1.82, 2.24) is 0 Å². The van der Waals surface area contributed by atoms with Gasteiger partial charge in [-0.3, -0.25) is 4.79 Å². The van der Waals surface area contributed by atoms with E-state index >= 15 is 0 Å². The van der Waals surface area contributed by atoms with Gasteiger partial charge in [0.1, 0.15) is 6.10 Å². The Hall–Kier alpha value is -1.15. The number of hydrogen-bond donors (Lipinski definition) is 1. The number of carbonyl (C=O) groups is 1. The zero-order chi connectivity index (χ0) is 9.26. The number of rotatable bonds is 1. The van der Waals surface area contributed by atoms with Crippen molar-refractivity contribution in [3.63, 3.8) is 0 Å². The minimum atomic E-state index is -0.731. The van der Waals surface area contributed by atoms with Crippen molar-refractivity contribution in [3.8, 4) is 0 Å². The first-order valence-electron chi connectivity index (χ1n) is 4.53. The molecule has 0 heterocycles. The molecule has 0 saturated heterocycles. The van der Waals surface area contributed by atoms with Crippen LogP contribution < -0.4 is 0 Å². The molecule has 1 aromatic rings. The van der Waals surface area contributed by atoms with Gasteiger partial charge in [-0.05, 0) is 17.9 Å². The fraction of sp³-hybridized carbons (Fsp3) is 0.364. The predicted molar refractivity (Wildman–Crippen MR) is 49.4 cm³/mol. The van der Waals surface area contributed by atoms with E-state index in [0.29, 0.717) is 12.8 Å². The van der Waals surface area contributed by atoms with Crippen molar-refractivity contribution in [2.45, 2.75) is 24.9 Å². The number of aliphatic hydroxyl groups is 1. The van der Waals surface area contributed by atoms with Crippen LogP contribution >= 0.6 is 0 Å². The molecule has 0 bridgehead atoms. The Morgan fingerprint density at radius 1 is 1.23 bits per heavy atom. The van der Waals surface area contributed by atoms with Gasteiger partial charge in [0.25, 0.3) is 0 Å². The lowest BCUT2D eigenvalue weighted by atomic mass is 9.98. The largest absolute Gasteiger partial charge is 0.385 e. The molecule has 2 nitrogen and oxygen atoms in total. The summed E-state index contributed by atoms with van der Waals surface area (Å²) in [4.78, 5) is 11.1.